The van der Waals surface area contributed by atoms with Crippen LogP contribution in [0.4, 0.5) is 4.39 Å². The summed E-state index contributed by atoms with van der Waals surface area (Å²) in [4.78, 5) is 24.6. The Morgan fingerprint density at radius 2 is 1.97 bits per heavy atom. The fraction of sp³-hybridized carbons (Fsp3) is 0.483. The van der Waals surface area contributed by atoms with Crippen molar-refractivity contribution in [1.82, 2.24) is 24.0 Å². The Morgan fingerprint density at radius 3 is 2.76 bits per heavy atom. The Balaban J connectivity index is 1.31. The van der Waals surface area contributed by atoms with Gasteiger partial charge in [-0.05, 0) is 94.4 Å². The summed E-state index contributed by atoms with van der Waals surface area (Å²) in [5, 5.41) is 0.837. The van der Waals surface area contributed by atoms with Crippen LogP contribution in [0.25, 0.3) is 33.1 Å². The van der Waals surface area contributed by atoms with Crippen LogP contribution in [0.1, 0.15) is 50.3 Å². The van der Waals surface area contributed by atoms with Crippen LogP contribution in [0.2, 0.25) is 0 Å². The van der Waals surface area contributed by atoms with Crippen LogP contribution >= 0.6 is 0 Å². The molecule has 0 aliphatic carbocycles. The number of benzene rings is 1. The summed E-state index contributed by atoms with van der Waals surface area (Å²) in [6.07, 6.45) is 9.09. The molecule has 7 nitrogen and oxygen atoms in total. The highest BCUT2D eigenvalue weighted by molar-refractivity contribution is 6.04. The van der Waals surface area contributed by atoms with Crippen LogP contribution in [-0.4, -0.2) is 56.9 Å². The Kier molecular flexibility index (Phi) is 6.78. The minimum atomic E-state index is -0.456. The number of aromatic nitrogens is 4. The van der Waals surface area contributed by atoms with Crippen molar-refractivity contribution in [3.05, 3.63) is 58.7 Å². The average molecular weight is 504 g/mol. The Bertz CT molecular complexity index is 1480. The molecule has 1 aromatic carbocycles. The second kappa shape index (κ2) is 10.3. The van der Waals surface area contributed by atoms with E-state index in [9.17, 15) is 4.79 Å². The zero-order chi connectivity index (χ0) is 25.4. The van der Waals surface area contributed by atoms with Crippen LogP contribution in [-0.2, 0) is 18.2 Å². The van der Waals surface area contributed by atoms with Gasteiger partial charge in [0.1, 0.15) is 0 Å². The lowest BCUT2D eigenvalue weighted by molar-refractivity contribution is 0.0593. The highest BCUT2D eigenvalue weighted by Gasteiger charge is 2.24. The number of fused-ring (bicyclic) bond motifs is 3. The number of aryl methyl sites for hydroxylation is 2. The fourth-order valence-electron chi connectivity index (χ4n) is 5.93. The predicted octanol–water partition coefficient (Wildman–Crippen LogP) is 4.86. The van der Waals surface area contributed by atoms with Crippen LogP contribution in [0.15, 0.2) is 41.3 Å². The van der Waals surface area contributed by atoms with E-state index in [1.165, 1.54) is 25.9 Å². The van der Waals surface area contributed by atoms with Crippen LogP contribution in [0.3, 0.4) is 0 Å². The van der Waals surface area contributed by atoms with E-state index in [0.29, 0.717) is 12.2 Å². The molecule has 0 saturated carbocycles. The molecule has 2 aliphatic heterocycles. The topological polar surface area (TPSA) is 65.2 Å². The molecule has 1 atom stereocenters. The highest BCUT2D eigenvalue weighted by Crippen LogP contribution is 2.32. The number of hydrogen-bond acceptors (Lipinski definition) is 5. The molecule has 2 aliphatic rings. The largest absolute Gasteiger partial charge is 0.379 e. The van der Waals surface area contributed by atoms with Gasteiger partial charge in [0, 0.05) is 30.3 Å². The van der Waals surface area contributed by atoms with Gasteiger partial charge in [0.05, 0.1) is 35.4 Å². The zero-order valence-electron chi connectivity index (χ0n) is 21.5. The van der Waals surface area contributed by atoms with Gasteiger partial charge in [-0.2, -0.15) is 4.39 Å². The summed E-state index contributed by atoms with van der Waals surface area (Å²) in [5.74, 6) is -0.456. The molecule has 194 valence electrons. The first-order valence-electron chi connectivity index (χ1n) is 13.6. The van der Waals surface area contributed by atoms with Crippen LogP contribution in [0, 0.1) is 5.95 Å². The van der Waals surface area contributed by atoms with E-state index in [1.54, 1.807) is 17.8 Å². The van der Waals surface area contributed by atoms with Crippen molar-refractivity contribution in [2.45, 2.75) is 51.0 Å². The van der Waals surface area contributed by atoms with Crippen LogP contribution < -0.4 is 5.69 Å². The summed E-state index contributed by atoms with van der Waals surface area (Å²) in [7, 11) is 1.77. The smallest absolute Gasteiger partial charge is 0.329 e. The number of ether oxygens (including phenoxy) is 1. The molecule has 4 aromatic rings. The van der Waals surface area contributed by atoms with E-state index in [2.05, 4.69) is 14.9 Å². The molecule has 8 heteroatoms. The molecule has 37 heavy (non-hydrogen) atoms. The summed E-state index contributed by atoms with van der Waals surface area (Å²) in [6, 6.07) is 9.47. The van der Waals surface area contributed by atoms with E-state index >= 15 is 4.39 Å². The van der Waals surface area contributed by atoms with Gasteiger partial charge < -0.3 is 9.64 Å². The number of unbranched alkanes of at least 4 members (excludes halogenated alkanes) is 1. The summed E-state index contributed by atoms with van der Waals surface area (Å²) < 4.78 is 24.4. The van der Waals surface area contributed by atoms with Crippen molar-refractivity contribution in [3.63, 3.8) is 0 Å². The van der Waals surface area contributed by atoms with Crippen LogP contribution in [0.5, 0.6) is 0 Å². The third kappa shape index (κ3) is 4.68. The molecular weight excluding hydrogens is 469 g/mol. The van der Waals surface area contributed by atoms with Crippen molar-refractivity contribution in [3.8, 4) is 11.1 Å². The van der Waals surface area contributed by atoms with Gasteiger partial charge in [0.15, 0.2) is 0 Å². The third-order valence-corrected chi connectivity index (χ3v) is 7.99. The summed E-state index contributed by atoms with van der Waals surface area (Å²) in [6.45, 7) is 4.78. The highest BCUT2D eigenvalue weighted by atomic mass is 19.1. The number of hydrogen-bond donors (Lipinski definition) is 0. The number of nitrogens with zero attached hydrogens (tertiary/aromatic N) is 5. The molecule has 0 bridgehead atoms. The molecular formula is C29H34FN5O2. The normalized spacial score (nSPS) is 18.8. The lowest BCUT2D eigenvalue weighted by Gasteiger charge is -2.23. The van der Waals surface area contributed by atoms with E-state index in [-0.39, 0.29) is 11.7 Å². The second-order valence-corrected chi connectivity index (χ2v) is 10.5. The Morgan fingerprint density at radius 1 is 1.11 bits per heavy atom. The van der Waals surface area contributed by atoms with Gasteiger partial charge in [0.2, 0.25) is 5.95 Å². The maximum atomic E-state index is 15.2. The van der Waals surface area contributed by atoms with Gasteiger partial charge >= 0.3 is 5.69 Å². The monoisotopic (exact) mass is 503 g/mol. The first kappa shape index (κ1) is 24.2. The van der Waals surface area contributed by atoms with Gasteiger partial charge in [-0.1, -0.05) is 6.07 Å². The number of pyridine rings is 2. The first-order valence-corrected chi connectivity index (χ1v) is 13.6. The molecule has 0 radical (unpaired) electrons. The zero-order valence-corrected chi connectivity index (χ0v) is 21.5. The SMILES string of the molecule is Cn1c(=O)n([C@H]2CCCOC2)c2c3cc(-c4ccc(CCCCN5CCCC5)nc4F)ccc3ncc21. The van der Waals surface area contributed by atoms with Gasteiger partial charge in [0.25, 0.3) is 0 Å². The molecule has 3 aromatic heterocycles. The fourth-order valence-corrected chi connectivity index (χ4v) is 5.93. The van der Waals surface area contributed by atoms with E-state index < -0.39 is 5.95 Å². The minimum absolute atomic E-state index is 0.0256. The Labute approximate surface area is 215 Å². The van der Waals surface area contributed by atoms with Crippen molar-refractivity contribution in [2.75, 3.05) is 32.8 Å². The average Bonchev–Trinajstić information content (AvgIpc) is 3.53. The van der Waals surface area contributed by atoms with Gasteiger partial charge in [-0.3, -0.25) is 14.1 Å². The number of imidazole rings is 1. The first-order chi connectivity index (χ1) is 18.1. The molecule has 2 saturated heterocycles. The minimum Gasteiger partial charge on any atom is -0.379 e. The molecule has 5 heterocycles. The predicted molar refractivity (Wildman–Crippen MR) is 143 cm³/mol. The van der Waals surface area contributed by atoms with Crippen molar-refractivity contribution in [1.29, 1.82) is 0 Å². The van der Waals surface area contributed by atoms with Crippen molar-refractivity contribution in [2.24, 2.45) is 7.05 Å². The lowest BCUT2D eigenvalue weighted by Crippen LogP contribution is -2.31. The summed E-state index contributed by atoms with van der Waals surface area (Å²) >= 11 is 0. The van der Waals surface area contributed by atoms with Gasteiger partial charge in [-0.25, -0.2) is 9.78 Å². The maximum absolute atomic E-state index is 15.2. The molecule has 0 unspecified atom stereocenters. The van der Waals surface area contributed by atoms with E-state index in [0.717, 1.165) is 78.4 Å². The number of halogens is 1. The quantitative estimate of drug-likeness (QED) is 0.266. The van der Waals surface area contributed by atoms with Crippen molar-refractivity contribution >= 4 is 21.9 Å². The summed E-state index contributed by atoms with van der Waals surface area (Å²) in [5.41, 5.74) is 4.28. The molecule has 2 fully saturated rings. The third-order valence-electron chi connectivity index (χ3n) is 7.99. The van der Waals surface area contributed by atoms with E-state index in [4.69, 9.17) is 4.74 Å². The Hall–Kier alpha value is -3.10. The number of likely N-dealkylation sites (tertiary alicyclic amines) is 1. The molecule has 0 amide bonds. The molecule has 6 rings (SSSR count). The molecule has 0 spiro atoms. The van der Waals surface area contributed by atoms with Crippen molar-refractivity contribution < 1.29 is 9.13 Å². The second-order valence-electron chi connectivity index (χ2n) is 10.5. The number of rotatable bonds is 7. The standard InChI is InChI=1S/C29H34FN5O2/c1-33-26-18-31-25-12-9-20(17-24(25)27(26)35(29(33)36)22-8-6-16-37-19-22)23-11-10-21(32-28(23)30)7-2-3-13-34-14-4-5-15-34/h9-12,17-18,22H,2-8,13-16,19H2,1H3/t22-/m0/s1. The maximum Gasteiger partial charge on any atom is 0.329 e. The molecule has 0 N–H and O–H groups in total. The lowest BCUT2D eigenvalue weighted by atomic mass is 10.0. The van der Waals surface area contributed by atoms with Gasteiger partial charge in [-0.15, -0.1) is 0 Å². The van der Waals surface area contributed by atoms with E-state index in [1.807, 2.05) is 34.9 Å².